The Labute approximate surface area is 218 Å². The van der Waals surface area contributed by atoms with E-state index in [2.05, 4.69) is 6.58 Å². The third-order valence-corrected chi connectivity index (χ3v) is 6.96. The second kappa shape index (κ2) is 11.0. The topological polar surface area (TPSA) is 55.8 Å². The van der Waals surface area contributed by atoms with Crippen LogP contribution in [-0.4, -0.2) is 17.7 Å². The third-order valence-electron chi connectivity index (χ3n) is 6.33. The second-order valence-electron chi connectivity index (χ2n) is 8.84. The fourth-order valence-corrected chi connectivity index (χ4v) is 5.30. The molecule has 4 nitrogen and oxygen atoms in total. The molecule has 0 saturated carbocycles. The molecule has 36 heavy (non-hydrogen) atoms. The molecule has 3 aromatic carbocycles. The normalized spacial score (nSPS) is 21.7. The molecule has 1 aliphatic rings. The summed E-state index contributed by atoms with van der Waals surface area (Å²) in [4.78, 5) is 11.2. The maximum Gasteiger partial charge on any atom is 0.341 e. The summed E-state index contributed by atoms with van der Waals surface area (Å²) < 4.78 is 40.9. The molecule has 1 N–H and O–H groups in total. The monoisotopic (exact) mass is 532 g/mol. The second-order valence-corrected chi connectivity index (χ2v) is 9.65. The van der Waals surface area contributed by atoms with E-state index in [1.165, 1.54) is 18.2 Å². The molecule has 0 radical (unpaired) electrons. The van der Waals surface area contributed by atoms with Gasteiger partial charge in [-0.15, -0.1) is 0 Å². The molecule has 3 aromatic rings. The zero-order valence-electron chi connectivity index (χ0n) is 19.4. The van der Waals surface area contributed by atoms with Gasteiger partial charge in [-0.05, 0) is 54.8 Å². The number of halogens is 4. The predicted molar refractivity (Wildman–Crippen MR) is 135 cm³/mol. The van der Waals surface area contributed by atoms with Gasteiger partial charge in [0.05, 0.1) is 17.2 Å². The Balaban J connectivity index is 1.86. The molecule has 1 saturated heterocycles. The van der Waals surface area contributed by atoms with Gasteiger partial charge in [-0.2, -0.15) is 0 Å². The summed E-state index contributed by atoms with van der Waals surface area (Å²) in [5.41, 5.74) is 2.44. The van der Waals surface area contributed by atoms with Crippen molar-refractivity contribution >= 4 is 29.2 Å². The lowest BCUT2D eigenvalue weighted by Crippen LogP contribution is -2.32. The molecule has 188 valence electrons. The molecule has 0 aliphatic carbocycles. The molecule has 1 aliphatic heterocycles. The number of carboxylic acid groups (broad SMARTS) is 1. The number of carboxylic acids is 1. The predicted octanol–water partition coefficient (Wildman–Crippen LogP) is 7.91. The van der Waals surface area contributed by atoms with Gasteiger partial charge in [0.15, 0.2) is 6.61 Å². The summed E-state index contributed by atoms with van der Waals surface area (Å²) in [6.07, 6.45) is -0.959. The van der Waals surface area contributed by atoms with Gasteiger partial charge in [-0.1, -0.05) is 65.7 Å². The minimum absolute atomic E-state index is 0.0194. The van der Waals surface area contributed by atoms with E-state index < -0.39 is 36.4 Å². The highest BCUT2D eigenvalue weighted by molar-refractivity contribution is 6.32. The number of carbonyl (C=O) groups is 1. The molecule has 1 heterocycles. The van der Waals surface area contributed by atoms with Gasteiger partial charge in [0.1, 0.15) is 17.4 Å². The lowest BCUT2D eigenvalue weighted by atomic mass is 9.74. The van der Waals surface area contributed by atoms with Gasteiger partial charge >= 0.3 is 5.97 Å². The van der Waals surface area contributed by atoms with Crippen molar-refractivity contribution in [1.82, 2.24) is 0 Å². The molecule has 4 rings (SSSR count). The highest BCUT2D eigenvalue weighted by atomic mass is 35.5. The number of benzene rings is 3. The van der Waals surface area contributed by atoms with Crippen LogP contribution in [0, 0.1) is 17.6 Å². The van der Waals surface area contributed by atoms with Gasteiger partial charge in [0.2, 0.25) is 0 Å². The van der Waals surface area contributed by atoms with Crippen LogP contribution in [0.4, 0.5) is 8.78 Å². The van der Waals surface area contributed by atoms with E-state index in [1.807, 2.05) is 25.1 Å². The van der Waals surface area contributed by atoms with Crippen LogP contribution >= 0.6 is 23.2 Å². The average molecular weight is 533 g/mol. The lowest BCUT2D eigenvalue weighted by molar-refractivity contribution is -0.139. The minimum Gasteiger partial charge on any atom is -0.480 e. The van der Waals surface area contributed by atoms with Crippen molar-refractivity contribution in [3.63, 3.8) is 0 Å². The largest absolute Gasteiger partial charge is 0.480 e. The molecule has 1 fully saturated rings. The first-order chi connectivity index (χ1) is 17.2. The van der Waals surface area contributed by atoms with Crippen LogP contribution in [0.15, 0.2) is 72.8 Å². The van der Waals surface area contributed by atoms with Crippen LogP contribution in [-0.2, 0) is 9.53 Å². The lowest BCUT2D eigenvalue weighted by Gasteiger charge is -2.43. The van der Waals surface area contributed by atoms with E-state index in [-0.39, 0.29) is 28.2 Å². The third kappa shape index (κ3) is 5.56. The van der Waals surface area contributed by atoms with Crippen LogP contribution in [0.5, 0.6) is 5.75 Å². The van der Waals surface area contributed by atoms with Gasteiger partial charge in [0.25, 0.3) is 0 Å². The van der Waals surface area contributed by atoms with E-state index in [9.17, 15) is 13.6 Å². The summed E-state index contributed by atoms with van der Waals surface area (Å²) in [6, 6.07) is 15.8. The van der Waals surface area contributed by atoms with Crippen molar-refractivity contribution in [2.24, 2.45) is 5.92 Å². The molecule has 0 amide bonds. The highest BCUT2D eigenvalue weighted by Gasteiger charge is 2.42. The van der Waals surface area contributed by atoms with Crippen LogP contribution < -0.4 is 4.74 Å². The Morgan fingerprint density at radius 2 is 1.78 bits per heavy atom. The molecule has 0 aromatic heterocycles. The van der Waals surface area contributed by atoms with Gasteiger partial charge in [-0.25, -0.2) is 13.6 Å². The van der Waals surface area contributed by atoms with Crippen molar-refractivity contribution in [1.29, 1.82) is 0 Å². The molecule has 0 bridgehead atoms. The van der Waals surface area contributed by atoms with E-state index >= 15 is 0 Å². The molecule has 8 heteroatoms. The number of ether oxygens (including phenoxy) is 2. The average Bonchev–Trinajstić information content (AvgIpc) is 2.82. The number of aliphatic carboxylic acids is 1. The van der Waals surface area contributed by atoms with E-state index in [0.29, 0.717) is 17.0 Å². The summed E-state index contributed by atoms with van der Waals surface area (Å²) in [6.45, 7) is 5.30. The van der Waals surface area contributed by atoms with Crippen molar-refractivity contribution in [2.45, 2.75) is 31.5 Å². The Morgan fingerprint density at radius 3 is 2.44 bits per heavy atom. The summed E-state index contributed by atoms with van der Waals surface area (Å²) in [5.74, 6) is -2.85. The van der Waals surface area contributed by atoms with Crippen molar-refractivity contribution < 1.29 is 28.2 Å². The van der Waals surface area contributed by atoms with E-state index in [4.69, 9.17) is 37.8 Å². The SMILES string of the molecule is C=C(C)[C@H]1C[C@H](c2ccccc2Cl)[C@H](c2cccc(F)c2)O[C@@H]1c1cc(F)cc(Cl)c1OCC(=O)O. The molecular formula is C28H24Cl2F2O4. The highest BCUT2D eigenvalue weighted by Crippen LogP contribution is 2.54. The van der Waals surface area contributed by atoms with Gasteiger partial charge in [-0.3, -0.25) is 0 Å². The zero-order chi connectivity index (χ0) is 26.0. The van der Waals surface area contributed by atoms with E-state index in [0.717, 1.165) is 17.2 Å². The Hall–Kier alpha value is -2.93. The molecule has 0 unspecified atom stereocenters. The fourth-order valence-electron chi connectivity index (χ4n) is 4.76. The van der Waals surface area contributed by atoms with Crippen LogP contribution in [0.25, 0.3) is 0 Å². The quantitative estimate of drug-likeness (QED) is 0.314. The maximum atomic E-state index is 14.6. The first-order valence-corrected chi connectivity index (χ1v) is 12.1. The molecule has 4 atom stereocenters. The Morgan fingerprint density at radius 1 is 1.03 bits per heavy atom. The minimum atomic E-state index is -1.21. The fraction of sp³-hybridized carbons (Fsp3) is 0.250. The van der Waals surface area contributed by atoms with Crippen molar-refractivity contribution in [2.75, 3.05) is 6.61 Å². The Bertz CT molecular complexity index is 1300. The van der Waals surface area contributed by atoms with Crippen LogP contribution in [0.1, 0.15) is 48.2 Å². The molecule has 0 spiro atoms. The first-order valence-electron chi connectivity index (χ1n) is 11.3. The number of rotatable bonds is 7. The van der Waals surface area contributed by atoms with Crippen LogP contribution in [0.2, 0.25) is 10.0 Å². The van der Waals surface area contributed by atoms with Gasteiger partial charge in [0, 0.05) is 22.4 Å². The molecular weight excluding hydrogens is 509 g/mol. The summed E-state index contributed by atoms with van der Waals surface area (Å²) >= 11 is 12.8. The zero-order valence-corrected chi connectivity index (χ0v) is 20.9. The Kier molecular flexibility index (Phi) is 7.98. The standard InChI is InChI=1S/C28H24Cl2F2O4/c1-15(2)20-13-21(19-8-3-4-9-23(19)29)26(16-6-5-7-17(31)10-16)36-27(20)22-11-18(32)12-24(30)28(22)35-14-25(33)34/h3-12,20-21,26-27H,1,13-14H2,2H3,(H,33,34)/t20-,21-,26+,27+/m1/s1. The summed E-state index contributed by atoms with van der Waals surface area (Å²) in [7, 11) is 0. The summed E-state index contributed by atoms with van der Waals surface area (Å²) in [5, 5.41) is 9.60. The van der Waals surface area contributed by atoms with Crippen molar-refractivity contribution in [3.05, 3.63) is 111 Å². The maximum absolute atomic E-state index is 14.6. The van der Waals surface area contributed by atoms with Gasteiger partial charge < -0.3 is 14.6 Å². The van der Waals surface area contributed by atoms with E-state index in [1.54, 1.807) is 18.2 Å². The first kappa shape index (κ1) is 26.1. The van der Waals surface area contributed by atoms with Crippen molar-refractivity contribution in [3.8, 4) is 5.75 Å². The number of hydrogen-bond donors (Lipinski definition) is 1. The smallest absolute Gasteiger partial charge is 0.341 e. The number of hydrogen-bond acceptors (Lipinski definition) is 3. The van der Waals surface area contributed by atoms with Crippen LogP contribution in [0.3, 0.4) is 0 Å².